The maximum absolute atomic E-state index is 12.7. The van der Waals surface area contributed by atoms with Gasteiger partial charge in [0.1, 0.15) is 12.2 Å². The molecule has 4 saturated carbocycles. The van der Waals surface area contributed by atoms with E-state index in [1.54, 1.807) is 0 Å². The van der Waals surface area contributed by atoms with Crippen LogP contribution in [0.3, 0.4) is 0 Å². The van der Waals surface area contributed by atoms with E-state index < -0.39 is 11.2 Å². The van der Waals surface area contributed by atoms with Crippen LogP contribution in [0.5, 0.6) is 0 Å². The summed E-state index contributed by atoms with van der Waals surface area (Å²) in [5, 5.41) is 11.7. The van der Waals surface area contributed by atoms with Gasteiger partial charge < -0.3 is 14.3 Å². The number of aryl methyl sites for hydroxylation is 2. The lowest BCUT2D eigenvalue weighted by atomic mass is 9.47. The van der Waals surface area contributed by atoms with Crippen molar-refractivity contribution in [3.63, 3.8) is 0 Å². The number of carbonyl (C=O) groups is 1. The highest BCUT2D eigenvalue weighted by atomic mass is 16.5. The molecule has 1 heterocycles. The van der Waals surface area contributed by atoms with Crippen molar-refractivity contribution in [3.8, 4) is 0 Å². The first-order chi connectivity index (χ1) is 13.7. The third kappa shape index (κ3) is 3.39. The zero-order valence-corrected chi connectivity index (χ0v) is 17.1. The van der Waals surface area contributed by atoms with Gasteiger partial charge in [0.15, 0.2) is 0 Å². The summed E-state index contributed by atoms with van der Waals surface area (Å²) in [6, 6.07) is 5.25. The van der Waals surface area contributed by atoms with Crippen LogP contribution >= 0.6 is 0 Å². The van der Waals surface area contributed by atoms with Crippen LogP contribution in [0, 0.1) is 31.1 Å². The Morgan fingerprint density at radius 2 is 1.83 bits per heavy atom. The molecule has 0 saturated heterocycles. The normalized spacial score (nSPS) is 32.7. The summed E-state index contributed by atoms with van der Waals surface area (Å²) < 4.78 is 11.0. The predicted molar refractivity (Wildman–Crippen MR) is 108 cm³/mol. The van der Waals surface area contributed by atoms with Gasteiger partial charge in [0, 0.05) is 17.0 Å². The molecule has 0 aliphatic heterocycles. The lowest BCUT2D eigenvalue weighted by molar-refractivity contribution is -0.177. The van der Waals surface area contributed by atoms with Crippen LogP contribution < -0.4 is 5.63 Å². The minimum atomic E-state index is -0.575. The molecule has 4 bridgehead atoms. The van der Waals surface area contributed by atoms with Crippen LogP contribution in [0.25, 0.3) is 11.0 Å². The molecule has 2 aromatic rings. The fourth-order valence-electron chi connectivity index (χ4n) is 6.73. The van der Waals surface area contributed by atoms with Crippen LogP contribution in [0.2, 0.25) is 0 Å². The number of esters is 1. The number of fused-ring (bicyclic) bond motifs is 1. The Hall–Kier alpha value is -2.14. The molecule has 5 nitrogen and oxygen atoms in total. The summed E-state index contributed by atoms with van der Waals surface area (Å²) >= 11 is 0. The minimum absolute atomic E-state index is 0.0661. The Balaban J connectivity index is 1.33. The average Bonchev–Trinajstić information content (AvgIpc) is 2.58. The predicted octanol–water partition coefficient (Wildman–Crippen LogP) is 4.17. The maximum atomic E-state index is 12.7. The van der Waals surface area contributed by atoms with E-state index in [0.717, 1.165) is 48.6 Å². The molecule has 0 spiro atoms. The highest BCUT2D eigenvalue weighted by Gasteiger charge is 2.57. The number of ether oxygens (including phenoxy) is 1. The molecule has 6 rings (SSSR count). The Bertz CT molecular complexity index is 1040. The van der Waals surface area contributed by atoms with E-state index in [0.29, 0.717) is 29.4 Å². The summed E-state index contributed by atoms with van der Waals surface area (Å²) in [7, 11) is 0. The molecule has 5 heteroatoms. The summed E-state index contributed by atoms with van der Waals surface area (Å²) in [5.74, 6) is 0.853. The van der Waals surface area contributed by atoms with Crippen molar-refractivity contribution in [1.29, 1.82) is 0 Å². The molecule has 1 N–H and O–H groups in total. The minimum Gasteiger partial charge on any atom is -0.461 e. The molecule has 4 aliphatic carbocycles. The topological polar surface area (TPSA) is 76.7 Å². The van der Waals surface area contributed by atoms with E-state index in [-0.39, 0.29) is 18.0 Å². The smallest absolute Gasteiger partial charge is 0.336 e. The van der Waals surface area contributed by atoms with E-state index in [1.165, 1.54) is 12.5 Å². The largest absolute Gasteiger partial charge is 0.461 e. The van der Waals surface area contributed by atoms with E-state index in [4.69, 9.17) is 9.15 Å². The number of hydrogen-bond donors (Lipinski definition) is 1. The van der Waals surface area contributed by atoms with Gasteiger partial charge in [-0.05, 0) is 92.9 Å². The SMILES string of the molecule is Cc1cc2oc(=O)cc(COC(=O)CC34CC5CC(CC(O)(C5)C3)C4)c2cc1C. The molecule has 4 aliphatic rings. The molecule has 154 valence electrons. The number of rotatable bonds is 4. The molecule has 0 amide bonds. The lowest BCUT2D eigenvalue weighted by Gasteiger charge is -2.60. The van der Waals surface area contributed by atoms with E-state index in [1.807, 2.05) is 26.0 Å². The molecule has 29 heavy (non-hydrogen) atoms. The summed E-state index contributed by atoms with van der Waals surface area (Å²) in [6.45, 7) is 4.05. The number of aliphatic hydroxyl groups is 1. The molecular formula is C24H28O5. The van der Waals surface area contributed by atoms with Crippen LogP contribution in [-0.4, -0.2) is 16.7 Å². The first-order valence-electron chi connectivity index (χ1n) is 10.6. The van der Waals surface area contributed by atoms with Gasteiger partial charge >= 0.3 is 11.6 Å². The summed E-state index contributed by atoms with van der Waals surface area (Å²) in [5.41, 5.74) is 2.23. The van der Waals surface area contributed by atoms with Gasteiger partial charge in [-0.1, -0.05) is 0 Å². The lowest BCUT2D eigenvalue weighted by Crippen LogP contribution is -2.56. The summed E-state index contributed by atoms with van der Waals surface area (Å²) in [6.07, 6.45) is 6.12. The Morgan fingerprint density at radius 3 is 2.52 bits per heavy atom. The Morgan fingerprint density at radius 1 is 1.14 bits per heavy atom. The molecule has 0 radical (unpaired) electrons. The van der Waals surface area contributed by atoms with Crippen LogP contribution in [0.1, 0.15) is 61.6 Å². The Labute approximate surface area is 170 Å². The third-order valence-electron chi connectivity index (χ3n) is 7.50. The first kappa shape index (κ1) is 18.9. The van der Waals surface area contributed by atoms with Gasteiger partial charge in [0.2, 0.25) is 0 Å². The zero-order chi connectivity index (χ0) is 20.4. The van der Waals surface area contributed by atoms with Crippen LogP contribution in [0.4, 0.5) is 0 Å². The molecule has 2 unspecified atom stereocenters. The van der Waals surface area contributed by atoms with Crippen molar-refractivity contribution < 1.29 is 19.1 Å². The molecule has 1 aromatic heterocycles. The van der Waals surface area contributed by atoms with Crippen molar-refractivity contribution in [2.24, 2.45) is 17.3 Å². The van der Waals surface area contributed by atoms with Crippen molar-refractivity contribution in [2.75, 3.05) is 0 Å². The second-order valence-electron chi connectivity index (χ2n) is 10.0. The highest BCUT2D eigenvalue weighted by molar-refractivity contribution is 5.82. The molecule has 4 fully saturated rings. The first-order valence-corrected chi connectivity index (χ1v) is 10.6. The van der Waals surface area contributed by atoms with E-state index in [2.05, 4.69) is 0 Å². The second kappa shape index (κ2) is 6.43. The van der Waals surface area contributed by atoms with Crippen LogP contribution in [-0.2, 0) is 16.1 Å². The fraction of sp³-hybridized carbons (Fsp3) is 0.583. The van der Waals surface area contributed by atoms with Crippen molar-refractivity contribution in [1.82, 2.24) is 0 Å². The monoisotopic (exact) mass is 396 g/mol. The molecule has 2 atom stereocenters. The van der Waals surface area contributed by atoms with E-state index >= 15 is 0 Å². The van der Waals surface area contributed by atoms with Crippen molar-refractivity contribution in [3.05, 3.63) is 45.3 Å². The van der Waals surface area contributed by atoms with Crippen LogP contribution in [0.15, 0.2) is 27.4 Å². The van der Waals surface area contributed by atoms with Crippen molar-refractivity contribution in [2.45, 2.75) is 71.0 Å². The van der Waals surface area contributed by atoms with Gasteiger partial charge in [-0.2, -0.15) is 0 Å². The second-order valence-corrected chi connectivity index (χ2v) is 10.0. The van der Waals surface area contributed by atoms with Gasteiger partial charge in [-0.15, -0.1) is 0 Å². The highest BCUT2D eigenvalue weighted by Crippen LogP contribution is 2.62. The summed E-state index contributed by atoms with van der Waals surface area (Å²) in [4.78, 5) is 24.7. The van der Waals surface area contributed by atoms with Gasteiger partial charge in [-0.25, -0.2) is 4.79 Å². The van der Waals surface area contributed by atoms with Gasteiger partial charge in [0.25, 0.3) is 0 Å². The van der Waals surface area contributed by atoms with E-state index in [9.17, 15) is 14.7 Å². The number of hydrogen-bond acceptors (Lipinski definition) is 5. The fourth-order valence-corrected chi connectivity index (χ4v) is 6.73. The van der Waals surface area contributed by atoms with Gasteiger partial charge in [-0.3, -0.25) is 4.79 Å². The standard InChI is InChI=1S/C24H28O5/c1-14-3-19-18(6-21(25)29-20(19)4-15(14)2)12-28-22(26)11-23-7-16-5-17(8-23)10-24(27,9-16)13-23/h3-4,6,16-17,27H,5,7-13H2,1-2H3. The van der Waals surface area contributed by atoms with Gasteiger partial charge in [0.05, 0.1) is 12.0 Å². The third-order valence-corrected chi connectivity index (χ3v) is 7.50. The quantitative estimate of drug-likeness (QED) is 0.620. The maximum Gasteiger partial charge on any atom is 0.336 e. The van der Waals surface area contributed by atoms with Crippen molar-refractivity contribution >= 4 is 16.9 Å². The average molecular weight is 396 g/mol. The Kier molecular flexibility index (Phi) is 4.18. The molecular weight excluding hydrogens is 368 g/mol. The molecule has 1 aromatic carbocycles. The number of carbonyl (C=O) groups excluding carboxylic acids is 1. The zero-order valence-electron chi connectivity index (χ0n) is 17.1. The number of benzene rings is 1.